The average Bonchev–Trinajstić information content (AvgIpc) is 2.28. The Morgan fingerprint density at radius 2 is 2.11 bits per heavy atom. The fourth-order valence-electron chi connectivity index (χ4n) is 1.16. The topological polar surface area (TPSA) is 87.7 Å². The van der Waals surface area contributed by atoms with E-state index in [-0.39, 0.29) is 12.4 Å². The largest absolute Gasteiger partial charge is 0.479 e. The summed E-state index contributed by atoms with van der Waals surface area (Å²) in [5, 5.41) is 14.6. The number of aliphatic carboxylic acids is 1. The number of carboxylic acids is 1. The van der Waals surface area contributed by atoms with Gasteiger partial charge in [0.1, 0.15) is 5.54 Å². The molecule has 0 saturated heterocycles. The Balaban J connectivity index is 4.20. The molecule has 0 aromatic carbocycles. The summed E-state index contributed by atoms with van der Waals surface area (Å²) in [5.41, 5.74) is -0.466. The zero-order valence-electron chi connectivity index (χ0n) is 11.6. The predicted octanol–water partition coefficient (Wildman–Crippen LogP) is 1.43. The van der Waals surface area contributed by atoms with Crippen LogP contribution in [0.15, 0.2) is 12.3 Å². The van der Waals surface area contributed by atoms with Crippen molar-refractivity contribution in [3.8, 4) is 0 Å². The molecule has 0 radical (unpaired) electrons. The van der Waals surface area contributed by atoms with Crippen molar-refractivity contribution in [1.29, 1.82) is 0 Å². The minimum atomic E-state index is -1.33. The van der Waals surface area contributed by atoms with Crippen LogP contribution in [0.25, 0.3) is 0 Å². The van der Waals surface area contributed by atoms with Gasteiger partial charge in [-0.2, -0.15) is 11.8 Å². The molecule has 7 heteroatoms. The first-order valence-electron chi connectivity index (χ1n) is 5.97. The number of carbonyl (C=O) groups excluding carboxylic acids is 1. The minimum Gasteiger partial charge on any atom is -0.479 e. The van der Waals surface area contributed by atoms with Gasteiger partial charge in [0, 0.05) is 23.7 Å². The van der Waals surface area contributed by atoms with Crippen molar-refractivity contribution in [3.05, 3.63) is 12.3 Å². The maximum atomic E-state index is 11.3. The van der Waals surface area contributed by atoms with Crippen LogP contribution in [-0.4, -0.2) is 47.4 Å². The molecule has 0 aromatic rings. The van der Waals surface area contributed by atoms with Crippen molar-refractivity contribution in [2.24, 2.45) is 0 Å². The SMILES string of the molecule is C=C(C)NCCSCC(C)(NC(=O)OCC)C(=O)O. The molecular weight excluding hydrogens is 268 g/mol. The highest BCUT2D eigenvalue weighted by atomic mass is 32.2. The van der Waals surface area contributed by atoms with E-state index in [0.29, 0.717) is 6.54 Å². The van der Waals surface area contributed by atoms with Crippen LogP contribution in [0, 0.1) is 0 Å². The summed E-state index contributed by atoms with van der Waals surface area (Å²) in [6.07, 6.45) is -0.715. The third-order valence-corrected chi connectivity index (χ3v) is 3.46. The Hall–Kier alpha value is -1.37. The fraction of sp³-hybridized carbons (Fsp3) is 0.667. The molecule has 0 saturated carbocycles. The van der Waals surface area contributed by atoms with Gasteiger partial charge in [0.15, 0.2) is 0 Å². The number of alkyl carbamates (subject to hydrolysis) is 1. The van der Waals surface area contributed by atoms with Gasteiger partial charge in [-0.1, -0.05) is 6.58 Å². The second-order valence-corrected chi connectivity index (χ2v) is 5.35. The Bertz CT molecular complexity index is 336. The average molecular weight is 290 g/mol. The number of nitrogens with one attached hydrogen (secondary N) is 2. The van der Waals surface area contributed by atoms with Crippen molar-refractivity contribution in [1.82, 2.24) is 10.6 Å². The third-order valence-electron chi connectivity index (χ3n) is 2.19. The number of hydrogen-bond acceptors (Lipinski definition) is 5. The number of amides is 1. The smallest absolute Gasteiger partial charge is 0.408 e. The van der Waals surface area contributed by atoms with E-state index in [1.807, 2.05) is 6.92 Å². The van der Waals surface area contributed by atoms with Crippen LogP contribution in [-0.2, 0) is 9.53 Å². The van der Waals surface area contributed by atoms with Crippen LogP contribution >= 0.6 is 11.8 Å². The van der Waals surface area contributed by atoms with Crippen LogP contribution in [0.1, 0.15) is 20.8 Å². The molecule has 0 rings (SSSR count). The predicted molar refractivity (Wildman–Crippen MR) is 76.3 cm³/mol. The van der Waals surface area contributed by atoms with E-state index in [1.165, 1.54) is 18.7 Å². The number of allylic oxidation sites excluding steroid dienone is 1. The summed E-state index contributed by atoms with van der Waals surface area (Å²) < 4.78 is 4.70. The summed E-state index contributed by atoms with van der Waals surface area (Å²) in [7, 11) is 0. The zero-order valence-corrected chi connectivity index (χ0v) is 12.4. The number of ether oxygens (including phenoxy) is 1. The Labute approximate surface area is 118 Å². The van der Waals surface area contributed by atoms with E-state index < -0.39 is 17.6 Å². The lowest BCUT2D eigenvalue weighted by atomic mass is 10.1. The lowest BCUT2D eigenvalue weighted by molar-refractivity contribution is -0.142. The first kappa shape index (κ1) is 17.6. The number of carboxylic acid groups (broad SMARTS) is 1. The summed E-state index contributed by atoms with van der Waals surface area (Å²) in [4.78, 5) is 22.5. The summed E-state index contributed by atoms with van der Waals surface area (Å²) in [5.74, 6) is -0.0971. The molecule has 110 valence electrons. The van der Waals surface area contributed by atoms with Crippen LogP contribution in [0.2, 0.25) is 0 Å². The zero-order chi connectivity index (χ0) is 14.9. The molecular formula is C12H22N2O4S. The molecule has 0 aliphatic heterocycles. The van der Waals surface area contributed by atoms with Gasteiger partial charge in [-0.05, 0) is 20.8 Å². The molecule has 1 unspecified atom stereocenters. The van der Waals surface area contributed by atoms with Gasteiger partial charge in [-0.15, -0.1) is 0 Å². The van der Waals surface area contributed by atoms with E-state index in [1.54, 1.807) is 6.92 Å². The summed E-state index contributed by atoms with van der Waals surface area (Å²) in [6, 6.07) is 0. The van der Waals surface area contributed by atoms with Crippen molar-refractivity contribution < 1.29 is 19.4 Å². The van der Waals surface area contributed by atoms with E-state index in [2.05, 4.69) is 17.2 Å². The van der Waals surface area contributed by atoms with Crippen LogP contribution in [0.3, 0.4) is 0 Å². The van der Waals surface area contributed by atoms with Gasteiger partial charge in [-0.3, -0.25) is 0 Å². The molecule has 1 amide bonds. The lowest BCUT2D eigenvalue weighted by Gasteiger charge is -2.25. The first-order chi connectivity index (χ1) is 8.81. The number of carbonyl (C=O) groups is 2. The molecule has 0 aliphatic rings. The van der Waals surface area contributed by atoms with Gasteiger partial charge in [-0.25, -0.2) is 9.59 Å². The normalized spacial score (nSPS) is 13.2. The quantitative estimate of drug-likeness (QED) is 0.557. The molecule has 0 aromatic heterocycles. The van der Waals surface area contributed by atoms with Gasteiger partial charge in [0.2, 0.25) is 0 Å². The number of hydrogen-bond donors (Lipinski definition) is 3. The number of thioether (sulfide) groups is 1. The maximum Gasteiger partial charge on any atom is 0.408 e. The monoisotopic (exact) mass is 290 g/mol. The lowest BCUT2D eigenvalue weighted by Crippen LogP contribution is -2.54. The first-order valence-corrected chi connectivity index (χ1v) is 7.12. The second-order valence-electron chi connectivity index (χ2n) is 4.24. The van der Waals surface area contributed by atoms with E-state index in [0.717, 1.165) is 11.4 Å². The molecule has 1 atom stereocenters. The summed E-state index contributed by atoms with van der Waals surface area (Å²) in [6.45, 7) is 9.59. The second kappa shape index (κ2) is 8.68. The van der Waals surface area contributed by atoms with Crippen molar-refractivity contribution in [3.63, 3.8) is 0 Å². The van der Waals surface area contributed by atoms with Gasteiger partial charge < -0.3 is 20.5 Å². The third kappa shape index (κ3) is 7.61. The Kier molecular flexibility index (Phi) is 8.06. The van der Waals surface area contributed by atoms with Gasteiger partial charge >= 0.3 is 12.1 Å². The Morgan fingerprint density at radius 3 is 2.58 bits per heavy atom. The molecule has 0 fully saturated rings. The van der Waals surface area contributed by atoms with Crippen molar-refractivity contribution in [2.45, 2.75) is 26.3 Å². The molecule has 6 nitrogen and oxygen atoms in total. The fourth-order valence-corrected chi connectivity index (χ4v) is 2.15. The van der Waals surface area contributed by atoms with Gasteiger partial charge in [0.05, 0.1) is 6.61 Å². The highest BCUT2D eigenvalue weighted by molar-refractivity contribution is 7.99. The van der Waals surface area contributed by atoms with Crippen LogP contribution < -0.4 is 10.6 Å². The number of rotatable bonds is 9. The van der Waals surface area contributed by atoms with E-state index in [9.17, 15) is 14.7 Å². The van der Waals surface area contributed by atoms with Gasteiger partial charge in [0.25, 0.3) is 0 Å². The Morgan fingerprint density at radius 1 is 1.47 bits per heavy atom. The molecule has 0 bridgehead atoms. The van der Waals surface area contributed by atoms with E-state index >= 15 is 0 Å². The minimum absolute atomic E-state index is 0.206. The maximum absolute atomic E-state index is 11.3. The highest BCUT2D eigenvalue weighted by Gasteiger charge is 2.35. The molecule has 3 N–H and O–H groups in total. The molecule has 0 heterocycles. The van der Waals surface area contributed by atoms with E-state index in [4.69, 9.17) is 4.74 Å². The van der Waals surface area contributed by atoms with Crippen molar-refractivity contribution >= 4 is 23.8 Å². The highest BCUT2D eigenvalue weighted by Crippen LogP contribution is 2.14. The molecule has 19 heavy (non-hydrogen) atoms. The van der Waals surface area contributed by atoms with Crippen molar-refractivity contribution in [2.75, 3.05) is 24.7 Å². The molecule has 0 spiro atoms. The summed E-state index contributed by atoms with van der Waals surface area (Å²) >= 11 is 1.44. The van der Waals surface area contributed by atoms with Crippen LogP contribution in [0.4, 0.5) is 4.79 Å². The molecule has 0 aliphatic carbocycles. The standard InChI is InChI=1S/C12H22N2O4S/c1-5-18-11(17)14-12(4,10(15)16)8-19-7-6-13-9(2)3/h13H,2,5-8H2,1,3-4H3,(H,14,17)(H,15,16). The van der Waals surface area contributed by atoms with Crippen LogP contribution in [0.5, 0.6) is 0 Å².